The van der Waals surface area contributed by atoms with Crippen LogP contribution in [0.2, 0.25) is 5.28 Å². The van der Waals surface area contributed by atoms with Gasteiger partial charge in [-0.05, 0) is 73.4 Å². The lowest BCUT2D eigenvalue weighted by Crippen LogP contribution is -2.43. The molecule has 1 saturated heterocycles. The van der Waals surface area contributed by atoms with Gasteiger partial charge in [0.25, 0.3) is 0 Å². The van der Waals surface area contributed by atoms with Crippen LogP contribution in [0.5, 0.6) is 0 Å². The zero-order valence-electron chi connectivity index (χ0n) is 34.2. The van der Waals surface area contributed by atoms with Gasteiger partial charge in [0.05, 0.1) is 11.4 Å². The van der Waals surface area contributed by atoms with E-state index in [-0.39, 0.29) is 27.5 Å². The van der Waals surface area contributed by atoms with Gasteiger partial charge < -0.3 is 25.3 Å². The number of aryl methyl sites for hydroxylation is 1. The molecule has 1 aliphatic carbocycles. The molecular weight excluding hydrogens is 782 g/mol. The minimum Gasteiger partial charge on any atom is -0.373 e. The lowest BCUT2D eigenvalue weighted by molar-refractivity contribution is 0.265. The highest BCUT2D eigenvalue weighted by molar-refractivity contribution is 6.28. The van der Waals surface area contributed by atoms with Crippen LogP contribution in [0.15, 0.2) is 48.8 Å². The molecule has 2 N–H and O–H groups in total. The molecule has 310 valence electrons. The Labute approximate surface area is 346 Å². The summed E-state index contributed by atoms with van der Waals surface area (Å²) in [5.74, 6) is 2.38. The van der Waals surface area contributed by atoms with E-state index in [2.05, 4.69) is 55.4 Å². The Morgan fingerprint density at radius 2 is 1.25 bits per heavy atom. The van der Waals surface area contributed by atoms with Crippen molar-refractivity contribution in [1.82, 2.24) is 29.9 Å². The normalized spacial score (nSPS) is 20.9. The third-order valence-corrected chi connectivity index (χ3v) is 12.4. The largest absolute Gasteiger partial charge is 0.373 e. The number of piperidine rings is 1. The first kappa shape index (κ1) is 40.5. The van der Waals surface area contributed by atoms with Gasteiger partial charge in [0.2, 0.25) is 5.28 Å². The molecule has 59 heavy (non-hydrogen) atoms. The predicted octanol–water partition coefficient (Wildman–Crippen LogP) is 8.91. The molecule has 0 radical (unpaired) electrons. The Kier molecular flexibility index (Phi) is 10.5. The Balaban J connectivity index is 0.000000188. The van der Waals surface area contributed by atoms with Crippen molar-refractivity contribution in [1.29, 1.82) is 0 Å². The van der Waals surface area contributed by atoms with Crippen molar-refractivity contribution in [2.45, 2.75) is 64.7 Å². The number of anilines is 7. The van der Waals surface area contributed by atoms with E-state index in [1.807, 2.05) is 32.7 Å². The summed E-state index contributed by atoms with van der Waals surface area (Å²) in [4.78, 5) is 33.0. The number of nitrogens with zero attached hydrogens (tertiary/aromatic N) is 9. The summed E-state index contributed by atoms with van der Waals surface area (Å²) in [6, 6.07) is 10.5. The lowest BCUT2D eigenvalue weighted by atomic mass is 9.82. The number of rotatable bonds is 7. The van der Waals surface area contributed by atoms with E-state index in [0.717, 1.165) is 65.9 Å². The Morgan fingerprint density at radius 3 is 1.78 bits per heavy atom. The van der Waals surface area contributed by atoms with Crippen molar-refractivity contribution >= 4 is 52.1 Å². The van der Waals surface area contributed by atoms with Gasteiger partial charge in [-0.1, -0.05) is 39.8 Å². The summed E-state index contributed by atoms with van der Waals surface area (Å²) in [5, 5.41) is 6.31. The number of benzene rings is 2. The number of fused-ring (bicyclic) bond motifs is 4. The molecule has 2 fully saturated rings. The van der Waals surface area contributed by atoms with Crippen molar-refractivity contribution in [3.8, 4) is 0 Å². The fourth-order valence-corrected chi connectivity index (χ4v) is 9.75. The highest BCUT2D eigenvalue weighted by atomic mass is 35.5. The van der Waals surface area contributed by atoms with Crippen LogP contribution in [-0.4, -0.2) is 70.2 Å². The molecule has 3 aliphatic heterocycles. The minimum atomic E-state index is -0.896. The fraction of sp³-hybridized carbons (Fsp3) is 0.442. The lowest BCUT2D eigenvalue weighted by Gasteiger charge is -2.38. The molecule has 9 rings (SSSR count). The third-order valence-electron chi connectivity index (χ3n) is 12.2. The number of nitrogens with one attached hydrogen (secondary N) is 2. The summed E-state index contributed by atoms with van der Waals surface area (Å²) in [6.07, 6.45) is 4.79. The number of aromatic nitrogens is 6. The molecule has 2 bridgehead atoms. The van der Waals surface area contributed by atoms with Crippen LogP contribution in [0.3, 0.4) is 0 Å². The predicted molar refractivity (Wildman–Crippen MR) is 223 cm³/mol. The van der Waals surface area contributed by atoms with Crippen LogP contribution in [0, 0.1) is 47.9 Å². The average Bonchev–Trinajstić information content (AvgIpc) is 3.71. The number of hydrogen-bond donors (Lipinski definition) is 2. The first-order chi connectivity index (χ1) is 28.1. The third kappa shape index (κ3) is 7.35. The summed E-state index contributed by atoms with van der Waals surface area (Å²) in [6.45, 7) is 13.1. The zero-order valence-corrected chi connectivity index (χ0v) is 35.0. The molecule has 2 unspecified atom stereocenters. The van der Waals surface area contributed by atoms with Gasteiger partial charge in [0.1, 0.15) is 41.2 Å². The van der Waals surface area contributed by atoms with Crippen molar-refractivity contribution < 1.29 is 17.6 Å². The standard InChI is InChI=1S/C28H33F2N7.C15H15ClF2N4/c1-16-10-23(33-15-32-16)36-12-17-8-9-18(13-36)19(17)11-22-34-26(31-4)24-27(35-22)37(14-28(24,2)3)21-7-5-6-20(29)25(21)30;1-15(2)7-22(9-6-4-5-8(17)11(9)18)13-10(15)12(19-3)20-14(16)21-13/h5-7,10,15,17-19H,8-9,11-14H2,1-4H3,(H,31,34,35);4-6H,7H2,1-3H3,(H,19,20,21). The second kappa shape index (κ2) is 15.4. The maximum atomic E-state index is 14.9. The molecule has 0 spiro atoms. The first-order valence-electron chi connectivity index (χ1n) is 19.9. The van der Waals surface area contributed by atoms with Gasteiger partial charge in [-0.15, -0.1) is 0 Å². The van der Waals surface area contributed by atoms with E-state index in [9.17, 15) is 17.6 Å². The Morgan fingerprint density at radius 1 is 0.729 bits per heavy atom. The second-order valence-corrected chi connectivity index (χ2v) is 17.5. The van der Waals surface area contributed by atoms with Crippen molar-refractivity contribution in [2.75, 3.05) is 65.6 Å². The smallest absolute Gasteiger partial charge is 0.226 e. The van der Waals surface area contributed by atoms with E-state index in [0.29, 0.717) is 48.3 Å². The first-order valence-corrected chi connectivity index (χ1v) is 20.3. The molecule has 3 aromatic heterocycles. The maximum absolute atomic E-state index is 14.9. The quantitative estimate of drug-likeness (QED) is 0.121. The zero-order chi connectivity index (χ0) is 42.0. The maximum Gasteiger partial charge on any atom is 0.226 e. The van der Waals surface area contributed by atoms with E-state index in [1.165, 1.54) is 25.0 Å². The SMILES string of the molecule is CNc1nc(CC2C3CCC2CN(c2cc(C)ncn2)C3)nc2c1C(C)(C)CN2c1cccc(F)c1F.CNc1nc(Cl)nc2c1C(C)(C)CN2c1cccc(F)c1F. The molecule has 11 nitrogen and oxygen atoms in total. The molecule has 1 saturated carbocycles. The highest BCUT2D eigenvalue weighted by Crippen LogP contribution is 2.50. The molecule has 0 amide bonds. The van der Waals surface area contributed by atoms with Crippen LogP contribution in [0.25, 0.3) is 0 Å². The van der Waals surface area contributed by atoms with E-state index >= 15 is 0 Å². The summed E-state index contributed by atoms with van der Waals surface area (Å²) in [5.41, 5.74) is 2.45. The molecule has 5 aromatic rings. The molecule has 4 aliphatic rings. The van der Waals surface area contributed by atoms with Crippen LogP contribution in [-0.2, 0) is 17.3 Å². The number of hydrogen-bond acceptors (Lipinski definition) is 11. The number of halogens is 5. The van der Waals surface area contributed by atoms with Crippen LogP contribution in [0.4, 0.5) is 58.0 Å². The van der Waals surface area contributed by atoms with E-state index in [4.69, 9.17) is 21.6 Å². The van der Waals surface area contributed by atoms with Crippen molar-refractivity contribution in [3.05, 3.63) is 100.0 Å². The summed E-state index contributed by atoms with van der Waals surface area (Å²) < 4.78 is 56.8. The monoisotopic (exact) mass is 829 g/mol. The summed E-state index contributed by atoms with van der Waals surface area (Å²) in [7, 11) is 3.60. The Bertz CT molecular complexity index is 2400. The topological polar surface area (TPSA) is 111 Å². The van der Waals surface area contributed by atoms with Gasteiger partial charge >= 0.3 is 0 Å². The van der Waals surface area contributed by atoms with Gasteiger partial charge in [-0.2, -0.15) is 4.98 Å². The molecule has 6 heterocycles. The van der Waals surface area contributed by atoms with Crippen molar-refractivity contribution in [3.63, 3.8) is 0 Å². The van der Waals surface area contributed by atoms with Crippen LogP contribution >= 0.6 is 11.6 Å². The van der Waals surface area contributed by atoms with Gasteiger partial charge in [-0.3, -0.25) is 0 Å². The van der Waals surface area contributed by atoms with Gasteiger partial charge in [-0.25, -0.2) is 42.5 Å². The minimum absolute atomic E-state index is 0.0580. The fourth-order valence-electron chi connectivity index (χ4n) is 9.59. The molecular formula is C43H48ClF4N11. The van der Waals surface area contributed by atoms with E-state index in [1.54, 1.807) is 30.4 Å². The van der Waals surface area contributed by atoms with Gasteiger partial charge in [0.15, 0.2) is 23.3 Å². The molecule has 2 atom stereocenters. The van der Waals surface area contributed by atoms with Crippen LogP contribution < -0.4 is 25.3 Å². The Hall–Kier alpha value is -5.31. The summed E-state index contributed by atoms with van der Waals surface area (Å²) >= 11 is 5.97. The average molecular weight is 830 g/mol. The van der Waals surface area contributed by atoms with Crippen LogP contribution in [0.1, 0.15) is 63.2 Å². The highest BCUT2D eigenvalue weighted by Gasteiger charge is 2.45. The van der Waals surface area contributed by atoms with Crippen molar-refractivity contribution in [2.24, 2.45) is 17.8 Å². The molecule has 16 heteroatoms. The molecule has 2 aromatic carbocycles. The van der Waals surface area contributed by atoms with Gasteiger partial charge in [0, 0.05) is 80.4 Å². The van der Waals surface area contributed by atoms with E-state index < -0.39 is 23.3 Å². The second-order valence-electron chi connectivity index (χ2n) is 17.2.